The summed E-state index contributed by atoms with van der Waals surface area (Å²) in [6.07, 6.45) is 1.60. The van der Waals surface area contributed by atoms with Crippen molar-refractivity contribution in [3.05, 3.63) is 77.9 Å². The first-order chi connectivity index (χ1) is 10.7. The van der Waals surface area contributed by atoms with Gasteiger partial charge < -0.3 is 9.73 Å². The molecule has 112 valence electrons. The van der Waals surface area contributed by atoms with Crippen molar-refractivity contribution in [2.75, 3.05) is 0 Å². The molecule has 0 aliphatic rings. The summed E-state index contributed by atoms with van der Waals surface area (Å²) in [6.45, 7) is 2.69. The molecule has 1 atom stereocenters. The zero-order valence-electron chi connectivity index (χ0n) is 12.3. The van der Waals surface area contributed by atoms with E-state index in [4.69, 9.17) is 4.42 Å². The number of hydrogen-bond acceptors (Lipinski definition) is 3. The summed E-state index contributed by atoms with van der Waals surface area (Å²) >= 11 is 0. The standard InChI is InChI=1S/C18H17FN2O/c1-13(14-6-3-2-4-7-14)20-11-17-12-22-18(21-17)15-8-5-9-16(19)10-15/h2-10,12-13,20H,11H2,1H3. The van der Waals surface area contributed by atoms with Crippen molar-refractivity contribution in [3.63, 3.8) is 0 Å². The van der Waals surface area contributed by atoms with E-state index in [2.05, 4.69) is 29.4 Å². The van der Waals surface area contributed by atoms with E-state index < -0.39 is 0 Å². The van der Waals surface area contributed by atoms with Gasteiger partial charge in [-0.05, 0) is 30.7 Å². The largest absolute Gasteiger partial charge is 0.444 e. The van der Waals surface area contributed by atoms with Crippen LogP contribution in [0, 0.1) is 5.82 Å². The Morgan fingerprint density at radius 3 is 2.73 bits per heavy atom. The second-order valence-electron chi connectivity index (χ2n) is 5.17. The maximum absolute atomic E-state index is 13.2. The Balaban J connectivity index is 1.65. The van der Waals surface area contributed by atoms with Gasteiger partial charge in [0.05, 0.1) is 5.69 Å². The number of nitrogens with zero attached hydrogens (tertiary/aromatic N) is 1. The van der Waals surface area contributed by atoms with Crippen LogP contribution in [-0.4, -0.2) is 4.98 Å². The molecule has 0 saturated carbocycles. The highest BCUT2D eigenvalue weighted by Crippen LogP contribution is 2.20. The average molecular weight is 296 g/mol. The van der Waals surface area contributed by atoms with Crippen molar-refractivity contribution in [1.82, 2.24) is 10.3 Å². The molecule has 1 aromatic heterocycles. The van der Waals surface area contributed by atoms with Gasteiger partial charge in [0.2, 0.25) is 5.89 Å². The number of rotatable bonds is 5. The lowest BCUT2D eigenvalue weighted by molar-refractivity contribution is 0.553. The first-order valence-electron chi connectivity index (χ1n) is 7.21. The molecule has 4 heteroatoms. The molecular formula is C18H17FN2O. The molecule has 0 fully saturated rings. The predicted octanol–water partition coefficient (Wildman–Crippen LogP) is 4.33. The fraction of sp³-hybridized carbons (Fsp3) is 0.167. The van der Waals surface area contributed by atoms with Crippen molar-refractivity contribution in [2.24, 2.45) is 0 Å². The Bertz CT molecular complexity index is 740. The molecule has 3 aromatic rings. The summed E-state index contributed by atoms with van der Waals surface area (Å²) in [5.74, 6) is 0.136. The zero-order chi connectivity index (χ0) is 15.4. The monoisotopic (exact) mass is 296 g/mol. The lowest BCUT2D eigenvalue weighted by Crippen LogP contribution is -2.18. The topological polar surface area (TPSA) is 38.1 Å². The third-order valence-electron chi connectivity index (χ3n) is 3.51. The third kappa shape index (κ3) is 3.40. The van der Waals surface area contributed by atoms with Gasteiger partial charge in [-0.15, -0.1) is 0 Å². The minimum absolute atomic E-state index is 0.218. The van der Waals surface area contributed by atoms with Crippen molar-refractivity contribution < 1.29 is 8.81 Å². The maximum Gasteiger partial charge on any atom is 0.226 e. The molecule has 0 spiro atoms. The van der Waals surface area contributed by atoms with Gasteiger partial charge in [-0.3, -0.25) is 0 Å². The van der Waals surface area contributed by atoms with Gasteiger partial charge in [-0.25, -0.2) is 9.37 Å². The molecule has 1 heterocycles. The predicted molar refractivity (Wildman–Crippen MR) is 83.6 cm³/mol. The summed E-state index contributed by atoms with van der Waals surface area (Å²) in [4.78, 5) is 4.39. The van der Waals surface area contributed by atoms with Gasteiger partial charge in [0.15, 0.2) is 0 Å². The van der Waals surface area contributed by atoms with Crippen LogP contribution in [0.4, 0.5) is 4.39 Å². The van der Waals surface area contributed by atoms with E-state index in [-0.39, 0.29) is 11.9 Å². The molecule has 0 aliphatic heterocycles. The molecule has 0 bridgehead atoms. The Hall–Kier alpha value is -2.46. The summed E-state index contributed by atoms with van der Waals surface area (Å²) in [7, 11) is 0. The number of aromatic nitrogens is 1. The van der Waals surface area contributed by atoms with E-state index in [1.54, 1.807) is 18.4 Å². The van der Waals surface area contributed by atoms with Gasteiger partial charge in [0, 0.05) is 18.2 Å². The summed E-state index contributed by atoms with van der Waals surface area (Å²) in [5, 5.41) is 3.39. The van der Waals surface area contributed by atoms with E-state index in [1.807, 2.05) is 18.2 Å². The van der Waals surface area contributed by atoms with Gasteiger partial charge >= 0.3 is 0 Å². The molecule has 22 heavy (non-hydrogen) atoms. The second kappa shape index (κ2) is 6.54. The molecular weight excluding hydrogens is 279 g/mol. The van der Waals surface area contributed by atoms with Crippen LogP contribution in [0.3, 0.4) is 0 Å². The molecule has 1 N–H and O–H groups in total. The molecule has 3 nitrogen and oxygen atoms in total. The first kappa shape index (κ1) is 14.5. The van der Waals surface area contributed by atoms with Crippen LogP contribution in [0.15, 0.2) is 65.3 Å². The Labute approximate surface area is 128 Å². The fourth-order valence-electron chi connectivity index (χ4n) is 2.26. The molecule has 3 rings (SSSR count). The van der Waals surface area contributed by atoms with Gasteiger partial charge in [-0.2, -0.15) is 0 Å². The van der Waals surface area contributed by atoms with Crippen LogP contribution in [0.2, 0.25) is 0 Å². The minimum atomic E-state index is -0.298. The molecule has 0 saturated heterocycles. The molecule has 2 aromatic carbocycles. The van der Waals surface area contributed by atoms with Crippen molar-refractivity contribution in [1.29, 1.82) is 0 Å². The van der Waals surface area contributed by atoms with Gasteiger partial charge in [0.1, 0.15) is 12.1 Å². The number of oxazole rings is 1. The van der Waals surface area contributed by atoms with Gasteiger partial charge in [-0.1, -0.05) is 36.4 Å². The lowest BCUT2D eigenvalue weighted by Gasteiger charge is -2.12. The quantitative estimate of drug-likeness (QED) is 0.761. The van der Waals surface area contributed by atoms with Crippen LogP contribution in [0.25, 0.3) is 11.5 Å². The molecule has 0 amide bonds. The molecule has 0 aliphatic carbocycles. The fourth-order valence-corrected chi connectivity index (χ4v) is 2.26. The summed E-state index contributed by atoms with van der Waals surface area (Å²) < 4.78 is 18.6. The summed E-state index contributed by atoms with van der Waals surface area (Å²) in [5.41, 5.74) is 2.65. The minimum Gasteiger partial charge on any atom is -0.444 e. The van der Waals surface area contributed by atoms with E-state index >= 15 is 0 Å². The Morgan fingerprint density at radius 2 is 1.95 bits per heavy atom. The molecule has 1 unspecified atom stereocenters. The average Bonchev–Trinajstić information content (AvgIpc) is 3.02. The highest BCUT2D eigenvalue weighted by Gasteiger charge is 2.09. The van der Waals surface area contributed by atoms with Crippen molar-refractivity contribution in [3.8, 4) is 11.5 Å². The van der Waals surface area contributed by atoms with Crippen LogP contribution < -0.4 is 5.32 Å². The highest BCUT2D eigenvalue weighted by atomic mass is 19.1. The SMILES string of the molecule is CC(NCc1coc(-c2cccc(F)c2)n1)c1ccccc1. The van der Waals surface area contributed by atoms with E-state index in [0.717, 1.165) is 5.69 Å². The van der Waals surface area contributed by atoms with E-state index in [1.165, 1.54) is 17.7 Å². The van der Waals surface area contributed by atoms with E-state index in [9.17, 15) is 4.39 Å². The zero-order valence-corrected chi connectivity index (χ0v) is 12.3. The number of hydrogen-bond donors (Lipinski definition) is 1. The van der Waals surface area contributed by atoms with Gasteiger partial charge in [0.25, 0.3) is 0 Å². The number of benzene rings is 2. The molecule has 0 radical (unpaired) electrons. The first-order valence-corrected chi connectivity index (χ1v) is 7.21. The van der Waals surface area contributed by atoms with Crippen LogP contribution in [0.1, 0.15) is 24.2 Å². The van der Waals surface area contributed by atoms with Crippen molar-refractivity contribution >= 4 is 0 Å². The second-order valence-corrected chi connectivity index (χ2v) is 5.17. The van der Waals surface area contributed by atoms with Crippen LogP contribution in [-0.2, 0) is 6.54 Å². The Kier molecular flexibility index (Phi) is 4.30. The smallest absolute Gasteiger partial charge is 0.226 e. The number of halogens is 1. The number of nitrogens with one attached hydrogen (secondary N) is 1. The maximum atomic E-state index is 13.2. The summed E-state index contributed by atoms with van der Waals surface area (Å²) in [6, 6.07) is 16.7. The normalized spacial score (nSPS) is 12.3. The van der Waals surface area contributed by atoms with Crippen LogP contribution in [0.5, 0.6) is 0 Å². The van der Waals surface area contributed by atoms with Crippen LogP contribution >= 0.6 is 0 Å². The van der Waals surface area contributed by atoms with Crippen molar-refractivity contribution in [2.45, 2.75) is 19.5 Å². The Morgan fingerprint density at radius 1 is 1.14 bits per heavy atom. The highest BCUT2D eigenvalue weighted by molar-refractivity contribution is 5.52. The third-order valence-corrected chi connectivity index (χ3v) is 3.51. The lowest BCUT2D eigenvalue weighted by atomic mass is 10.1. The van der Waals surface area contributed by atoms with E-state index in [0.29, 0.717) is 18.0 Å².